The molecule has 1 aromatic carbocycles. The Morgan fingerprint density at radius 1 is 1.48 bits per heavy atom. The molecule has 1 atom stereocenters. The van der Waals surface area contributed by atoms with Crippen LogP contribution in [0.2, 0.25) is 10.0 Å². The van der Waals surface area contributed by atoms with Gasteiger partial charge in [0.2, 0.25) is 5.60 Å². The number of aliphatic carboxylic acids is 1. The van der Waals surface area contributed by atoms with E-state index in [1.54, 1.807) is 0 Å². The van der Waals surface area contributed by atoms with E-state index in [1.165, 1.54) is 12.3 Å². The van der Waals surface area contributed by atoms with Gasteiger partial charge in [0.05, 0.1) is 23.6 Å². The SMILES string of the molecule is O=C(O)C1(Cc2cnsn2)Cc2cc(O)c(Cl)c(Cl)c2O1. The number of aromatic hydroxyl groups is 1. The number of carboxylic acids is 1. The van der Waals surface area contributed by atoms with Crippen molar-refractivity contribution in [3.8, 4) is 11.5 Å². The molecule has 0 saturated heterocycles. The first-order valence-corrected chi connectivity index (χ1v) is 7.30. The average molecular weight is 347 g/mol. The van der Waals surface area contributed by atoms with E-state index in [1.807, 2.05) is 0 Å². The third-order valence-corrected chi connectivity index (χ3v) is 4.61. The Labute approximate surface area is 133 Å². The molecule has 0 fully saturated rings. The highest BCUT2D eigenvalue weighted by Gasteiger charge is 2.48. The van der Waals surface area contributed by atoms with Gasteiger partial charge in [0.15, 0.2) is 0 Å². The van der Waals surface area contributed by atoms with Crippen molar-refractivity contribution in [2.75, 3.05) is 0 Å². The van der Waals surface area contributed by atoms with Gasteiger partial charge in [-0.2, -0.15) is 8.75 Å². The number of hydrogen-bond acceptors (Lipinski definition) is 6. The highest BCUT2D eigenvalue weighted by molar-refractivity contribution is 6.99. The minimum Gasteiger partial charge on any atom is -0.506 e. The molecule has 1 aromatic heterocycles. The van der Waals surface area contributed by atoms with Crippen LogP contribution in [0.1, 0.15) is 11.3 Å². The first-order chi connectivity index (χ1) is 9.93. The Morgan fingerprint density at radius 2 is 2.24 bits per heavy atom. The number of phenolic OH excluding ortho intramolecular Hbond substituents is 1. The smallest absolute Gasteiger partial charge is 0.348 e. The number of carboxylic acid groups (broad SMARTS) is 1. The van der Waals surface area contributed by atoms with Crippen molar-refractivity contribution in [2.45, 2.75) is 18.4 Å². The largest absolute Gasteiger partial charge is 0.506 e. The predicted octanol–water partition coefficient (Wildman–Crippen LogP) is 2.55. The summed E-state index contributed by atoms with van der Waals surface area (Å²) in [5.41, 5.74) is -0.520. The number of hydrogen-bond donors (Lipinski definition) is 2. The summed E-state index contributed by atoms with van der Waals surface area (Å²) < 4.78 is 13.5. The van der Waals surface area contributed by atoms with Gasteiger partial charge in [-0.25, -0.2) is 4.79 Å². The minimum absolute atomic E-state index is 0.00574. The van der Waals surface area contributed by atoms with E-state index >= 15 is 0 Å². The van der Waals surface area contributed by atoms with E-state index in [0.29, 0.717) is 11.3 Å². The Kier molecular flexibility index (Phi) is 3.43. The van der Waals surface area contributed by atoms with Crippen molar-refractivity contribution >= 4 is 40.9 Å². The second kappa shape index (κ2) is 5.01. The zero-order valence-corrected chi connectivity index (χ0v) is 12.7. The molecular formula is C12H8Cl2N2O4S. The van der Waals surface area contributed by atoms with E-state index in [-0.39, 0.29) is 34.4 Å². The second-order valence-corrected chi connectivity index (χ2v) is 5.98. The van der Waals surface area contributed by atoms with E-state index in [4.69, 9.17) is 27.9 Å². The molecular weight excluding hydrogens is 339 g/mol. The lowest BCUT2D eigenvalue weighted by Crippen LogP contribution is -2.45. The zero-order chi connectivity index (χ0) is 15.2. The van der Waals surface area contributed by atoms with E-state index < -0.39 is 11.6 Å². The van der Waals surface area contributed by atoms with Crippen molar-refractivity contribution in [1.82, 2.24) is 8.75 Å². The highest BCUT2D eigenvalue weighted by Crippen LogP contribution is 2.48. The lowest BCUT2D eigenvalue weighted by atomic mass is 9.92. The average Bonchev–Trinajstić information content (AvgIpc) is 3.05. The summed E-state index contributed by atoms with van der Waals surface area (Å²) >= 11 is 12.9. The third-order valence-electron chi connectivity index (χ3n) is 3.26. The van der Waals surface area contributed by atoms with Crippen LogP contribution in [0.3, 0.4) is 0 Å². The first kappa shape index (κ1) is 14.4. The molecule has 2 N–H and O–H groups in total. The fourth-order valence-electron chi connectivity index (χ4n) is 2.28. The molecule has 1 aliphatic rings. The lowest BCUT2D eigenvalue weighted by molar-refractivity contribution is -0.153. The molecule has 0 amide bonds. The normalized spacial score (nSPS) is 20.1. The van der Waals surface area contributed by atoms with E-state index in [0.717, 1.165) is 11.7 Å². The predicted molar refractivity (Wildman–Crippen MR) is 76.4 cm³/mol. The lowest BCUT2D eigenvalue weighted by Gasteiger charge is -2.23. The monoisotopic (exact) mass is 346 g/mol. The van der Waals surface area contributed by atoms with Crippen molar-refractivity contribution in [3.63, 3.8) is 0 Å². The van der Waals surface area contributed by atoms with Gasteiger partial charge >= 0.3 is 5.97 Å². The quantitative estimate of drug-likeness (QED) is 0.887. The van der Waals surface area contributed by atoms with Crippen molar-refractivity contribution in [3.05, 3.63) is 33.6 Å². The Balaban J connectivity index is 2.03. The maximum absolute atomic E-state index is 11.7. The first-order valence-electron chi connectivity index (χ1n) is 5.81. The van der Waals surface area contributed by atoms with Crippen LogP contribution < -0.4 is 4.74 Å². The van der Waals surface area contributed by atoms with Crippen LogP contribution in [0.15, 0.2) is 12.3 Å². The molecule has 2 aromatic rings. The van der Waals surface area contributed by atoms with Crippen LogP contribution >= 0.6 is 34.9 Å². The van der Waals surface area contributed by atoms with Gasteiger partial charge < -0.3 is 14.9 Å². The van der Waals surface area contributed by atoms with Crippen LogP contribution in [0.5, 0.6) is 11.5 Å². The summed E-state index contributed by atoms with van der Waals surface area (Å²) in [6, 6.07) is 1.37. The summed E-state index contributed by atoms with van der Waals surface area (Å²) in [5.74, 6) is -1.16. The number of phenols is 1. The fraction of sp³-hybridized carbons (Fsp3) is 0.250. The summed E-state index contributed by atoms with van der Waals surface area (Å²) in [5, 5.41) is 19.2. The molecule has 0 bridgehead atoms. The van der Waals surface area contributed by atoms with Crippen LogP contribution in [0.25, 0.3) is 0 Å². The molecule has 3 rings (SSSR count). The Morgan fingerprint density at radius 3 is 2.86 bits per heavy atom. The topological polar surface area (TPSA) is 92.5 Å². The second-order valence-electron chi connectivity index (χ2n) is 4.67. The number of benzene rings is 1. The number of aromatic nitrogens is 2. The molecule has 2 heterocycles. The Hall–Kier alpha value is -1.57. The maximum Gasteiger partial charge on any atom is 0.348 e. The minimum atomic E-state index is -1.53. The number of carbonyl (C=O) groups is 1. The van der Waals surface area contributed by atoms with Gasteiger partial charge in [-0.3, -0.25) is 0 Å². The molecule has 21 heavy (non-hydrogen) atoms. The van der Waals surface area contributed by atoms with Crippen molar-refractivity contribution in [1.29, 1.82) is 0 Å². The third kappa shape index (κ3) is 2.31. The number of nitrogens with zero attached hydrogens (tertiary/aromatic N) is 2. The number of rotatable bonds is 3. The number of halogens is 2. The molecule has 0 radical (unpaired) electrons. The maximum atomic E-state index is 11.7. The summed E-state index contributed by atoms with van der Waals surface area (Å²) in [7, 11) is 0. The molecule has 9 heteroatoms. The van der Waals surface area contributed by atoms with Crippen LogP contribution in [-0.4, -0.2) is 30.5 Å². The molecule has 0 saturated carbocycles. The van der Waals surface area contributed by atoms with Gasteiger partial charge in [-0.05, 0) is 6.07 Å². The van der Waals surface area contributed by atoms with Gasteiger partial charge in [-0.15, -0.1) is 0 Å². The number of ether oxygens (including phenoxy) is 1. The summed E-state index contributed by atoms with van der Waals surface area (Å²) in [6.07, 6.45) is 1.59. The van der Waals surface area contributed by atoms with Crippen molar-refractivity contribution in [2.24, 2.45) is 0 Å². The van der Waals surface area contributed by atoms with E-state index in [9.17, 15) is 15.0 Å². The van der Waals surface area contributed by atoms with Crippen LogP contribution in [-0.2, 0) is 17.6 Å². The summed E-state index contributed by atoms with van der Waals surface area (Å²) in [4.78, 5) is 11.7. The highest BCUT2D eigenvalue weighted by atomic mass is 35.5. The standard InChI is InChI=1S/C12H8Cl2N2O4S/c13-8-7(17)1-5-2-12(11(18)19,20-10(5)9(8)14)3-6-4-15-21-16-6/h1,4,17H,2-3H2,(H,18,19). The summed E-state index contributed by atoms with van der Waals surface area (Å²) in [6.45, 7) is 0. The molecule has 6 nitrogen and oxygen atoms in total. The molecule has 1 unspecified atom stereocenters. The zero-order valence-electron chi connectivity index (χ0n) is 10.3. The fourth-order valence-corrected chi connectivity index (χ4v) is 3.11. The van der Waals surface area contributed by atoms with Crippen LogP contribution in [0, 0.1) is 0 Å². The Bertz CT molecular complexity index is 723. The van der Waals surface area contributed by atoms with Gasteiger partial charge in [0, 0.05) is 18.4 Å². The number of fused-ring (bicyclic) bond motifs is 1. The van der Waals surface area contributed by atoms with Crippen LogP contribution in [0.4, 0.5) is 0 Å². The van der Waals surface area contributed by atoms with Gasteiger partial charge in [0.1, 0.15) is 21.5 Å². The molecule has 0 aliphatic carbocycles. The molecule has 110 valence electrons. The van der Waals surface area contributed by atoms with Gasteiger partial charge in [0.25, 0.3) is 0 Å². The molecule has 1 aliphatic heterocycles. The van der Waals surface area contributed by atoms with Crippen molar-refractivity contribution < 1.29 is 19.7 Å². The van der Waals surface area contributed by atoms with E-state index in [2.05, 4.69) is 8.75 Å². The molecule has 0 spiro atoms. The van der Waals surface area contributed by atoms with Gasteiger partial charge in [-0.1, -0.05) is 23.2 Å².